The van der Waals surface area contributed by atoms with Crippen molar-refractivity contribution >= 4 is 0 Å². The Balaban J connectivity index is 0.741. The van der Waals surface area contributed by atoms with Crippen LogP contribution in [0, 0.1) is 35.5 Å². The predicted molar refractivity (Wildman–Crippen MR) is 200 cm³/mol. The highest BCUT2D eigenvalue weighted by atomic mass is 15.2. The van der Waals surface area contributed by atoms with Gasteiger partial charge in [0.1, 0.15) is 0 Å². The van der Waals surface area contributed by atoms with Crippen molar-refractivity contribution in [3.05, 3.63) is 0 Å². The monoisotopic (exact) mass is 655 g/mol. The van der Waals surface area contributed by atoms with Crippen molar-refractivity contribution in [1.29, 1.82) is 0 Å². The molecule has 6 aliphatic heterocycles. The molecule has 6 rings (SSSR count). The number of rotatable bonds is 14. The van der Waals surface area contributed by atoms with E-state index < -0.39 is 0 Å². The number of hydrogen-bond donors (Lipinski definition) is 0. The molecule has 0 bridgehead atoms. The van der Waals surface area contributed by atoms with E-state index >= 15 is 0 Å². The molecule has 0 aliphatic carbocycles. The Morgan fingerprint density at radius 1 is 0.340 bits per heavy atom. The summed E-state index contributed by atoms with van der Waals surface area (Å²) in [6.07, 6.45) is 23.3. The van der Waals surface area contributed by atoms with Crippen LogP contribution < -0.4 is 0 Å². The maximum absolute atomic E-state index is 2.84. The van der Waals surface area contributed by atoms with Gasteiger partial charge in [-0.15, -0.1) is 0 Å². The van der Waals surface area contributed by atoms with Gasteiger partial charge in [0.05, 0.1) is 0 Å². The van der Waals surface area contributed by atoms with Crippen LogP contribution in [0.4, 0.5) is 0 Å². The molecule has 6 heteroatoms. The van der Waals surface area contributed by atoms with Gasteiger partial charge in [-0.05, 0) is 224 Å². The maximum atomic E-state index is 2.84. The van der Waals surface area contributed by atoms with Gasteiger partial charge in [0.15, 0.2) is 0 Å². The van der Waals surface area contributed by atoms with E-state index in [0.717, 1.165) is 35.5 Å². The van der Waals surface area contributed by atoms with Crippen LogP contribution in [0.25, 0.3) is 0 Å². The van der Waals surface area contributed by atoms with E-state index in [1.807, 2.05) is 0 Å². The standard InChI is InChI=1S/C41H78N6/c1-36-5-21-45(22-6-36)33-34-46-29-11-38(12-30-46)4-3-37-9-23-43(24-10-37)25-13-39-14-26-44(27-15-39)28-16-40-17-31-47(32-18-40)35-41-7-19-42(2)20-8-41/h36-41H,3-35H2,1-2H3. The molecule has 0 atom stereocenters. The summed E-state index contributed by atoms with van der Waals surface area (Å²) >= 11 is 0. The van der Waals surface area contributed by atoms with Crippen LogP contribution in [0.15, 0.2) is 0 Å². The topological polar surface area (TPSA) is 19.4 Å². The predicted octanol–water partition coefficient (Wildman–Crippen LogP) is 6.47. The normalized spacial score (nSPS) is 28.5. The summed E-state index contributed by atoms with van der Waals surface area (Å²) < 4.78 is 0. The van der Waals surface area contributed by atoms with E-state index in [1.165, 1.54) is 214 Å². The SMILES string of the molecule is CC1CCN(CCN2CCC(CCC3CCN(CCC4CCN(CCC5CCN(CC6CCN(C)CC6)CC5)CC4)CC3)CC2)CC1. The molecule has 6 nitrogen and oxygen atoms in total. The highest BCUT2D eigenvalue weighted by Gasteiger charge is 2.27. The van der Waals surface area contributed by atoms with Crippen LogP contribution in [0.1, 0.15) is 110 Å². The smallest absolute Gasteiger partial charge is 0.0109 e. The van der Waals surface area contributed by atoms with Crippen molar-refractivity contribution < 1.29 is 0 Å². The Morgan fingerprint density at radius 3 is 1.09 bits per heavy atom. The molecule has 6 fully saturated rings. The lowest BCUT2D eigenvalue weighted by Crippen LogP contribution is -2.42. The fourth-order valence-electron chi connectivity index (χ4n) is 10.3. The molecule has 272 valence electrons. The molecule has 6 saturated heterocycles. The lowest BCUT2D eigenvalue weighted by molar-refractivity contribution is 0.111. The minimum atomic E-state index is 0.954. The minimum absolute atomic E-state index is 0.954. The number of piperidine rings is 6. The molecule has 0 N–H and O–H groups in total. The lowest BCUT2D eigenvalue weighted by Gasteiger charge is -2.38. The zero-order valence-corrected chi connectivity index (χ0v) is 31.5. The zero-order chi connectivity index (χ0) is 32.3. The van der Waals surface area contributed by atoms with Gasteiger partial charge in [0, 0.05) is 19.6 Å². The average molecular weight is 655 g/mol. The summed E-state index contributed by atoms with van der Waals surface area (Å²) in [6, 6.07) is 0. The summed E-state index contributed by atoms with van der Waals surface area (Å²) in [6.45, 7) is 25.5. The maximum Gasteiger partial charge on any atom is 0.0109 e. The Kier molecular flexibility index (Phi) is 15.1. The third-order valence-electron chi connectivity index (χ3n) is 14.5. The van der Waals surface area contributed by atoms with Gasteiger partial charge in [-0.3, -0.25) is 0 Å². The van der Waals surface area contributed by atoms with Crippen molar-refractivity contribution in [3.8, 4) is 0 Å². The molecule has 0 saturated carbocycles. The second-order valence-corrected chi connectivity index (χ2v) is 18.0. The van der Waals surface area contributed by atoms with E-state index in [2.05, 4.69) is 43.4 Å². The van der Waals surface area contributed by atoms with E-state index in [1.54, 1.807) is 0 Å². The largest absolute Gasteiger partial charge is 0.306 e. The van der Waals surface area contributed by atoms with E-state index in [4.69, 9.17) is 0 Å². The molecule has 0 spiro atoms. The van der Waals surface area contributed by atoms with Crippen molar-refractivity contribution in [2.24, 2.45) is 35.5 Å². The third kappa shape index (κ3) is 12.5. The number of likely N-dealkylation sites (tertiary alicyclic amines) is 6. The first kappa shape index (κ1) is 36.5. The highest BCUT2D eigenvalue weighted by Crippen LogP contribution is 2.30. The van der Waals surface area contributed by atoms with Crippen LogP contribution in [-0.4, -0.2) is 148 Å². The van der Waals surface area contributed by atoms with Crippen molar-refractivity contribution in [2.45, 2.75) is 110 Å². The van der Waals surface area contributed by atoms with Gasteiger partial charge in [-0.2, -0.15) is 0 Å². The highest BCUT2D eigenvalue weighted by molar-refractivity contribution is 4.82. The quantitative estimate of drug-likeness (QED) is 0.213. The van der Waals surface area contributed by atoms with E-state index in [9.17, 15) is 0 Å². The molecule has 0 aromatic carbocycles. The van der Waals surface area contributed by atoms with E-state index in [0.29, 0.717) is 0 Å². The van der Waals surface area contributed by atoms with Gasteiger partial charge < -0.3 is 29.4 Å². The lowest BCUT2D eigenvalue weighted by atomic mass is 9.85. The number of hydrogen-bond acceptors (Lipinski definition) is 6. The fourth-order valence-corrected chi connectivity index (χ4v) is 10.3. The van der Waals surface area contributed by atoms with Crippen LogP contribution >= 0.6 is 0 Å². The molecule has 0 aromatic rings. The molecule has 0 aromatic heterocycles. The first-order valence-electron chi connectivity index (χ1n) is 21.3. The van der Waals surface area contributed by atoms with Gasteiger partial charge in [0.25, 0.3) is 0 Å². The second-order valence-electron chi connectivity index (χ2n) is 18.0. The Hall–Kier alpha value is -0.240. The summed E-state index contributed by atoms with van der Waals surface area (Å²) in [7, 11) is 2.29. The second kappa shape index (κ2) is 19.4. The molecule has 0 unspecified atom stereocenters. The third-order valence-corrected chi connectivity index (χ3v) is 14.5. The minimum Gasteiger partial charge on any atom is -0.306 e. The first-order valence-corrected chi connectivity index (χ1v) is 21.3. The molecular formula is C41H78N6. The van der Waals surface area contributed by atoms with Crippen LogP contribution in [-0.2, 0) is 0 Å². The van der Waals surface area contributed by atoms with Crippen LogP contribution in [0.2, 0.25) is 0 Å². The molecule has 0 amide bonds. The first-order chi connectivity index (χ1) is 23.0. The molecule has 0 radical (unpaired) electrons. The Labute approximate surface area is 292 Å². The van der Waals surface area contributed by atoms with Gasteiger partial charge in [-0.25, -0.2) is 0 Å². The summed E-state index contributed by atoms with van der Waals surface area (Å²) in [4.78, 5) is 16.5. The molecule has 6 aliphatic rings. The molecule has 6 heterocycles. The summed E-state index contributed by atoms with van der Waals surface area (Å²) in [5.74, 6) is 5.91. The fraction of sp³-hybridized carbons (Fsp3) is 1.00. The van der Waals surface area contributed by atoms with E-state index in [-0.39, 0.29) is 0 Å². The van der Waals surface area contributed by atoms with Crippen LogP contribution in [0.5, 0.6) is 0 Å². The van der Waals surface area contributed by atoms with Crippen LogP contribution in [0.3, 0.4) is 0 Å². The van der Waals surface area contributed by atoms with Gasteiger partial charge >= 0.3 is 0 Å². The average Bonchev–Trinajstić information content (AvgIpc) is 3.11. The molecular weight excluding hydrogens is 576 g/mol. The number of nitrogens with zero attached hydrogens (tertiary/aromatic N) is 6. The molecule has 47 heavy (non-hydrogen) atoms. The van der Waals surface area contributed by atoms with Gasteiger partial charge in [0.2, 0.25) is 0 Å². The van der Waals surface area contributed by atoms with Crippen molar-refractivity contribution in [3.63, 3.8) is 0 Å². The van der Waals surface area contributed by atoms with Crippen molar-refractivity contribution in [1.82, 2.24) is 29.4 Å². The zero-order valence-electron chi connectivity index (χ0n) is 31.5. The van der Waals surface area contributed by atoms with Crippen molar-refractivity contribution in [2.75, 3.05) is 118 Å². The summed E-state index contributed by atoms with van der Waals surface area (Å²) in [5.41, 5.74) is 0. The Morgan fingerprint density at radius 2 is 0.660 bits per heavy atom. The summed E-state index contributed by atoms with van der Waals surface area (Å²) in [5, 5.41) is 0. The Bertz CT molecular complexity index is 821. The van der Waals surface area contributed by atoms with Gasteiger partial charge in [-0.1, -0.05) is 19.8 Å².